The number of hydrogen-bond donors (Lipinski definition) is 4. The van der Waals surface area contributed by atoms with E-state index in [2.05, 4.69) is 5.32 Å². The molecule has 82 valence electrons. The van der Waals surface area contributed by atoms with Crippen LogP contribution in [0.4, 0.5) is 0 Å². The molecule has 1 unspecified atom stereocenters. The van der Waals surface area contributed by atoms with Crippen LogP contribution in [-0.2, 0) is 9.59 Å². The zero-order valence-electron chi connectivity index (χ0n) is 8.28. The van der Waals surface area contributed by atoms with Gasteiger partial charge in [0, 0.05) is 0 Å². The van der Waals surface area contributed by atoms with Crippen molar-refractivity contribution in [1.82, 2.24) is 5.32 Å². The third-order valence-electron chi connectivity index (χ3n) is 1.99. The summed E-state index contributed by atoms with van der Waals surface area (Å²) in [6, 6.07) is 0. The van der Waals surface area contributed by atoms with E-state index in [9.17, 15) is 9.59 Å². The fourth-order valence-electron chi connectivity index (χ4n) is 0.639. The van der Waals surface area contributed by atoms with E-state index in [1.54, 1.807) is 6.92 Å². The van der Waals surface area contributed by atoms with Gasteiger partial charge in [0.15, 0.2) is 6.10 Å². The van der Waals surface area contributed by atoms with Gasteiger partial charge < -0.3 is 21.3 Å². The minimum Gasteiger partial charge on any atom is -0.479 e. The summed E-state index contributed by atoms with van der Waals surface area (Å²) in [6.45, 7) is 2.95. The predicted molar refractivity (Wildman–Crippen MR) is 49.5 cm³/mol. The minimum absolute atomic E-state index is 0.332. The second-order valence-electron chi connectivity index (χ2n) is 3.34. The summed E-state index contributed by atoms with van der Waals surface area (Å²) in [5.74, 6) is -1.85. The smallest absolute Gasteiger partial charge is 0.334 e. The maximum Gasteiger partial charge on any atom is 0.334 e. The molecule has 2 atom stereocenters. The lowest BCUT2D eigenvalue weighted by Gasteiger charge is -2.21. The molecule has 14 heavy (non-hydrogen) atoms. The molecule has 0 aliphatic carbocycles. The average Bonchev–Trinajstić information content (AvgIpc) is 2.13. The predicted octanol–water partition coefficient (Wildman–Crippen LogP) is -1.32. The molecular weight excluding hydrogens is 188 g/mol. The van der Waals surface area contributed by atoms with Crippen molar-refractivity contribution < 1.29 is 19.8 Å². The third kappa shape index (κ3) is 3.71. The van der Waals surface area contributed by atoms with E-state index < -0.39 is 23.5 Å². The monoisotopic (exact) mass is 204 g/mol. The first-order chi connectivity index (χ1) is 6.31. The maximum absolute atomic E-state index is 11.3. The third-order valence-corrected chi connectivity index (χ3v) is 1.99. The van der Waals surface area contributed by atoms with E-state index in [0.717, 1.165) is 0 Å². The SMILES string of the molecule is CCC(C)(N)C(=O)NC[C@H](O)C(=O)O. The fourth-order valence-corrected chi connectivity index (χ4v) is 0.639. The van der Waals surface area contributed by atoms with E-state index in [4.69, 9.17) is 15.9 Å². The molecular formula is C8H16N2O4. The van der Waals surface area contributed by atoms with Crippen LogP contribution < -0.4 is 11.1 Å². The Bertz CT molecular complexity index is 227. The molecule has 0 spiro atoms. The van der Waals surface area contributed by atoms with Gasteiger partial charge in [-0.2, -0.15) is 0 Å². The molecule has 0 heterocycles. The van der Waals surface area contributed by atoms with E-state index in [1.165, 1.54) is 6.92 Å². The Balaban J connectivity index is 4.03. The molecule has 0 saturated heterocycles. The molecule has 0 aliphatic rings. The van der Waals surface area contributed by atoms with Crippen molar-refractivity contribution in [3.05, 3.63) is 0 Å². The number of carbonyl (C=O) groups is 2. The van der Waals surface area contributed by atoms with Crippen LogP contribution in [0.1, 0.15) is 20.3 Å². The zero-order valence-corrected chi connectivity index (χ0v) is 8.28. The first-order valence-corrected chi connectivity index (χ1v) is 4.29. The summed E-state index contributed by atoms with van der Waals surface area (Å²) >= 11 is 0. The first-order valence-electron chi connectivity index (χ1n) is 4.29. The van der Waals surface area contributed by atoms with Gasteiger partial charge >= 0.3 is 5.97 Å². The number of carboxylic acids is 1. The van der Waals surface area contributed by atoms with Crippen LogP contribution in [0, 0.1) is 0 Å². The van der Waals surface area contributed by atoms with E-state index in [-0.39, 0.29) is 6.54 Å². The fraction of sp³-hybridized carbons (Fsp3) is 0.750. The Labute approximate surface area is 82.1 Å². The van der Waals surface area contributed by atoms with Crippen LogP contribution in [0.3, 0.4) is 0 Å². The highest BCUT2D eigenvalue weighted by atomic mass is 16.4. The second-order valence-corrected chi connectivity index (χ2v) is 3.34. The highest BCUT2D eigenvalue weighted by Crippen LogP contribution is 2.03. The first kappa shape index (κ1) is 12.9. The lowest BCUT2D eigenvalue weighted by atomic mass is 9.99. The number of aliphatic hydroxyl groups is 1. The van der Waals surface area contributed by atoms with Crippen molar-refractivity contribution in [3.63, 3.8) is 0 Å². The number of nitrogens with one attached hydrogen (secondary N) is 1. The van der Waals surface area contributed by atoms with Gasteiger partial charge in [-0.15, -0.1) is 0 Å². The molecule has 0 rings (SSSR count). The molecule has 6 heteroatoms. The number of carboxylic acid groups (broad SMARTS) is 1. The van der Waals surface area contributed by atoms with Crippen LogP contribution in [0.5, 0.6) is 0 Å². The summed E-state index contributed by atoms with van der Waals surface area (Å²) < 4.78 is 0. The van der Waals surface area contributed by atoms with Gasteiger partial charge in [0.05, 0.1) is 12.1 Å². The molecule has 1 amide bonds. The summed E-state index contributed by atoms with van der Waals surface area (Å²) in [5, 5.41) is 19.4. The maximum atomic E-state index is 11.3. The van der Waals surface area contributed by atoms with Crippen molar-refractivity contribution >= 4 is 11.9 Å². The van der Waals surface area contributed by atoms with Gasteiger partial charge in [-0.1, -0.05) is 6.92 Å². The number of aliphatic carboxylic acids is 1. The topological polar surface area (TPSA) is 113 Å². The second kappa shape index (κ2) is 4.92. The van der Waals surface area contributed by atoms with Crippen molar-refractivity contribution in [3.8, 4) is 0 Å². The molecule has 0 aromatic rings. The summed E-state index contributed by atoms with van der Waals surface area (Å²) in [4.78, 5) is 21.5. The van der Waals surface area contributed by atoms with Crippen LogP contribution in [0.2, 0.25) is 0 Å². The number of rotatable bonds is 5. The molecule has 5 N–H and O–H groups in total. The number of carbonyl (C=O) groups excluding carboxylic acids is 1. The summed E-state index contributed by atoms with van der Waals surface area (Å²) in [7, 11) is 0. The highest BCUT2D eigenvalue weighted by Gasteiger charge is 2.26. The average molecular weight is 204 g/mol. The van der Waals surface area contributed by atoms with Crippen molar-refractivity contribution in [1.29, 1.82) is 0 Å². The molecule has 0 aromatic heterocycles. The molecule has 0 aromatic carbocycles. The number of nitrogens with two attached hydrogens (primary N) is 1. The quantitative estimate of drug-likeness (QED) is 0.443. The van der Waals surface area contributed by atoms with E-state index in [0.29, 0.717) is 6.42 Å². The lowest BCUT2D eigenvalue weighted by Crippen LogP contribution is -2.53. The van der Waals surface area contributed by atoms with E-state index in [1.807, 2.05) is 0 Å². The van der Waals surface area contributed by atoms with Crippen molar-refractivity contribution in [2.24, 2.45) is 5.73 Å². The molecule has 6 nitrogen and oxygen atoms in total. The highest BCUT2D eigenvalue weighted by molar-refractivity contribution is 5.86. The number of aliphatic hydroxyl groups excluding tert-OH is 1. The van der Waals surface area contributed by atoms with Gasteiger partial charge in [-0.25, -0.2) is 4.79 Å². The molecule has 0 aliphatic heterocycles. The van der Waals surface area contributed by atoms with Gasteiger partial charge in [0.1, 0.15) is 0 Å². The van der Waals surface area contributed by atoms with Crippen molar-refractivity contribution in [2.45, 2.75) is 31.9 Å². The van der Waals surface area contributed by atoms with E-state index >= 15 is 0 Å². The Morgan fingerprint density at radius 1 is 1.57 bits per heavy atom. The Morgan fingerprint density at radius 2 is 2.07 bits per heavy atom. The lowest BCUT2D eigenvalue weighted by molar-refractivity contribution is -0.146. The Kier molecular flexibility index (Phi) is 4.52. The Morgan fingerprint density at radius 3 is 2.43 bits per heavy atom. The largest absolute Gasteiger partial charge is 0.479 e. The Hall–Kier alpha value is -1.14. The van der Waals surface area contributed by atoms with Gasteiger partial charge in [0.25, 0.3) is 0 Å². The molecule has 0 bridgehead atoms. The normalized spacial score (nSPS) is 16.9. The minimum atomic E-state index is -1.59. The van der Waals surface area contributed by atoms with Gasteiger partial charge in [0.2, 0.25) is 5.91 Å². The van der Waals surface area contributed by atoms with Gasteiger partial charge in [-0.05, 0) is 13.3 Å². The number of hydrogen-bond acceptors (Lipinski definition) is 4. The standard InChI is InChI=1S/C8H16N2O4/c1-3-8(2,9)7(14)10-4-5(11)6(12)13/h5,11H,3-4,9H2,1-2H3,(H,10,14)(H,12,13)/t5-,8?/m0/s1. The van der Waals surface area contributed by atoms with Crippen LogP contribution in [-0.4, -0.2) is 40.3 Å². The van der Waals surface area contributed by atoms with Crippen LogP contribution in [0.25, 0.3) is 0 Å². The zero-order chi connectivity index (χ0) is 11.4. The van der Waals surface area contributed by atoms with Crippen LogP contribution >= 0.6 is 0 Å². The molecule has 0 saturated carbocycles. The number of amides is 1. The van der Waals surface area contributed by atoms with Gasteiger partial charge in [-0.3, -0.25) is 4.79 Å². The van der Waals surface area contributed by atoms with Crippen LogP contribution in [0.15, 0.2) is 0 Å². The summed E-state index contributed by atoms with van der Waals surface area (Å²) in [6.07, 6.45) is -1.16. The van der Waals surface area contributed by atoms with Crippen molar-refractivity contribution in [2.75, 3.05) is 6.54 Å². The molecule has 0 radical (unpaired) electrons. The summed E-state index contributed by atoms with van der Waals surface area (Å²) in [5.41, 5.74) is 4.55. The molecule has 0 fully saturated rings.